The van der Waals surface area contributed by atoms with Crippen LogP contribution in [0.4, 0.5) is 0 Å². The van der Waals surface area contributed by atoms with E-state index in [2.05, 4.69) is 63.8 Å². The standard InChI is InChI=1S/C19H25N5S/c1-12-6-5-7-16-18(12)15(10-22-16)8-9-21-19(20-4)23-11-17-24-13(2)14(3)25-17/h5-7,10,22H,8-9,11H2,1-4H3,(H2,20,21,23). The second-order valence-corrected chi connectivity index (χ2v) is 7.45. The number of nitrogens with zero attached hydrogens (tertiary/aromatic N) is 2. The highest BCUT2D eigenvalue weighted by atomic mass is 32.1. The number of aliphatic imine (C=N–C) groups is 1. The summed E-state index contributed by atoms with van der Waals surface area (Å²) in [4.78, 5) is 13.5. The Morgan fingerprint density at radius 2 is 2.08 bits per heavy atom. The molecule has 25 heavy (non-hydrogen) atoms. The number of thiazole rings is 1. The van der Waals surface area contributed by atoms with Gasteiger partial charge in [-0.05, 0) is 44.4 Å². The minimum Gasteiger partial charge on any atom is -0.361 e. The van der Waals surface area contributed by atoms with Gasteiger partial charge in [-0.1, -0.05) is 12.1 Å². The third-order valence-corrected chi connectivity index (χ3v) is 5.46. The van der Waals surface area contributed by atoms with Gasteiger partial charge in [0.1, 0.15) is 5.01 Å². The highest BCUT2D eigenvalue weighted by molar-refractivity contribution is 7.11. The van der Waals surface area contributed by atoms with Gasteiger partial charge in [-0.2, -0.15) is 0 Å². The second kappa shape index (κ2) is 7.70. The zero-order valence-electron chi connectivity index (χ0n) is 15.2. The van der Waals surface area contributed by atoms with Gasteiger partial charge >= 0.3 is 0 Å². The minimum atomic E-state index is 0.700. The topological polar surface area (TPSA) is 65.1 Å². The number of hydrogen-bond acceptors (Lipinski definition) is 3. The molecule has 3 rings (SSSR count). The van der Waals surface area contributed by atoms with Crippen molar-refractivity contribution in [3.63, 3.8) is 0 Å². The first-order chi connectivity index (χ1) is 12.1. The summed E-state index contributed by atoms with van der Waals surface area (Å²) in [5.41, 5.74) is 4.96. The Hall–Kier alpha value is -2.34. The SMILES string of the molecule is CN=C(NCCc1c[nH]c2cccc(C)c12)NCc1nc(C)c(C)s1. The number of aryl methyl sites for hydroxylation is 3. The molecular weight excluding hydrogens is 330 g/mol. The molecular formula is C19H25N5S. The Kier molecular flexibility index (Phi) is 5.38. The van der Waals surface area contributed by atoms with E-state index >= 15 is 0 Å². The monoisotopic (exact) mass is 355 g/mol. The second-order valence-electron chi connectivity index (χ2n) is 6.16. The zero-order valence-corrected chi connectivity index (χ0v) is 16.0. The Morgan fingerprint density at radius 3 is 2.80 bits per heavy atom. The van der Waals surface area contributed by atoms with Crippen molar-refractivity contribution in [1.29, 1.82) is 0 Å². The van der Waals surface area contributed by atoms with Crippen molar-refractivity contribution in [2.75, 3.05) is 13.6 Å². The molecule has 0 amide bonds. The molecule has 2 aromatic heterocycles. The van der Waals surface area contributed by atoms with Gasteiger partial charge in [-0.3, -0.25) is 4.99 Å². The van der Waals surface area contributed by atoms with Crippen molar-refractivity contribution in [1.82, 2.24) is 20.6 Å². The average molecular weight is 356 g/mol. The first kappa shape index (κ1) is 17.5. The first-order valence-electron chi connectivity index (χ1n) is 8.51. The normalized spacial score (nSPS) is 11.9. The van der Waals surface area contributed by atoms with Crippen LogP contribution in [0.5, 0.6) is 0 Å². The molecule has 3 N–H and O–H groups in total. The van der Waals surface area contributed by atoms with E-state index < -0.39 is 0 Å². The van der Waals surface area contributed by atoms with Crippen molar-refractivity contribution < 1.29 is 0 Å². The number of guanidine groups is 1. The number of H-pyrrole nitrogens is 1. The predicted molar refractivity (Wildman–Crippen MR) is 107 cm³/mol. The molecule has 5 nitrogen and oxygen atoms in total. The van der Waals surface area contributed by atoms with Gasteiger partial charge in [0, 0.05) is 35.6 Å². The van der Waals surface area contributed by atoms with Crippen molar-refractivity contribution in [3.8, 4) is 0 Å². The molecule has 3 aromatic rings. The van der Waals surface area contributed by atoms with E-state index in [0.29, 0.717) is 6.54 Å². The molecule has 0 saturated heterocycles. The Labute approximate surface area is 152 Å². The first-order valence-corrected chi connectivity index (χ1v) is 9.33. The van der Waals surface area contributed by atoms with Crippen LogP contribution in [0.3, 0.4) is 0 Å². The van der Waals surface area contributed by atoms with Gasteiger partial charge in [-0.15, -0.1) is 11.3 Å². The summed E-state index contributed by atoms with van der Waals surface area (Å²) in [5, 5.41) is 9.14. The third kappa shape index (κ3) is 4.02. The van der Waals surface area contributed by atoms with E-state index in [9.17, 15) is 0 Å². The lowest BCUT2D eigenvalue weighted by Crippen LogP contribution is -2.37. The van der Waals surface area contributed by atoms with E-state index in [1.54, 1.807) is 18.4 Å². The molecule has 0 aliphatic rings. The van der Waals surface area contributed by atoms with Crippen LogP contribution in [0.25, 0.3) is 10.9 Å². The summed E-state index contributed by atoms with van der Waals surface area (Å²) in [6.45, 7) is 7.84. The van der Waals surface area contributed by atoms with E-state index in [1.165, 1.54) is 26.9 Å². The van der Waals surface area contributed by atoms with Gasteiger partial charge in [0.15, 0.2) is 5.96 Å². The molecule has 1 aromatic carbocycles. The molecule has 0 atom stereocenters. The van der Waals surface area contributed by atoms with Gasteiger partial charge in [0.25, 0.3) is 0 Å². The molecule has 0 spiro atoms. The predicted octanol–water partition coefficient (Wildman–Crippen LogP) is 3.46. The zero-order chi connectivity index (χ0) is 17.8. The van der Waals surface area contributed by atoms with Gasteiger partial charge in [0.05, 0.1) is 12.2 Å². The molecule has 132 valence electrons. The van der Waals surface area contributed by atoms with Gasteiger partial charge in [-0.25, -0.2) is 4.98 Å². The lowest BCUT2D eigenvalue weighted by Gasteiger charge is -2.11. The summed E-state index contributed by atoms with van der Waals surface area (Å²) in [6, 6.07) is 6.37. The smallest absolute Gasteiger partial charge is 0.191 e. The molecule has 0 unspecified atom stereocenters. The maximum Gasteiger partial charge on any atom is 0.191 e. The quantitative estimate of drug-likeness (QED) is 0.485. The van der Waals surface area contributed by atoms with Crippen molar-refractivity contribution >= 4 is 28.2 Å². The van der Waals surface area contributed by atoms with Crippen LogP contribution in [0.1, 0.15) is 26.7 Å². The summed E-state index contributed by atoms with van der Waals surface area (Å²) in [7, 11) is 1.80. The largest absolute Gasteiger partial charge is 0.361 e. The minimum absolute atomic E-state index is 0.700. The summed E-state index contributed by atoms with van der Waals surface area (Å²) in [5.74, 6) is 0.807. The van der Waals surface area contributed by atoms with Crippen molar-refractivity contribution in [2.45, 2.75) is 33.7 Å². The summed E-state index contributed by atoms with van der Waals surface area (Å²) < 4.78 is 0. The van der Waals surface area contributed by atoms with Gasteiger partial charge < -0.3 is 15.6 Å². The molecule has 0 aliphatic carbocycles. The number of aromatic nitrogens is 2. The highest BCUT2D eigenvalue weighted by Gasteiger charge is 2.07. The fourth-order valence-electron chi connectivity index (χ4n) is 2.96. The number of benzene rings is 1. The van der Waals surface area contributed by atoms with Crippen LogP contribution in [-0.2, 0) is 13.0 Å². The lowest BCUT2D eigenvalue weighted by atomic mass is 10.1. The number of hydrogen-bond donors (Lipinski definition) is 3. The molecule has 0 aliphatic heterocycles. The summed E-state index contributed by atoms with van der Waals surface area (Å²) in [6.07, 6.45) is 3.05. The van der Waals surface area contributed by atoms with E-state index in [0.717, 1.165) is 29.6 Å². The fraction of sp³-hybridized carbons (Fsp3) is 0.368. The molecule has 2 heterocycles. The highest BCUT2D eigenvalue weighted by Crippen LogP contribution is 2.22. The van der Waals surface area contributed by atoms with Crippen LogP contribution in [-0.4, -0.2) is 29.5 Å². The maximum atomic E-state index is 4.55. The number of rotatable bonds is 5. The molecule has 0 fully saturated rings. The fourth-order valence-corrected chi connectivity index (χ4v) is 3.83. The van der Waals surface area contributed by atoms with Crippen LogP contribution in [0, 0.1) is 20.8 Å². The van der Waals surface area contributed by atoms with Crippen LogP contribution >= 0.6 is 11.3 Å². The van der Waals surface area contributed by atoms with E-state index in [1.807, 2.05) is 6.92 Å². The van der Waals surface area contributed by atoms with Crippen LogP contribution in [0.2, 0.25) is 0 Å². The van der Waals surface area contributed by atoms with Crippen LogP contribution in [0.15, 0.2) is 29.4 Å². The van der Waals surface area contributed by atoms with E-state index in [4.69, 9.17) is 0 Å². The van der Waals surface area contributed by atoms with Crippen LogP contribution < -0.4 is 10.6 Å². The molecule has 0 bridgehead atoms. The summed E-state index contributed by atoms with van der Waals surface area (Å²) >= 11 is 1.73. The number of aromatic amines is 1. The average Bonchev–Trinajstić information content (AvgIpc) is 3.15. The van der Waals surface area contributed by atoms with Crippen molar-refractivity contribution in [2.24, 2.45) is 4.99 Å². The maximum absolute atomic E-state index is 4.55. The number of nitrogens with one attached hydrogen (secondary N) is 3. The molecule has 6 heteroatoms. The third-order valence-electron chi connectivity index (χ3n) is 4.39. The Balaban J connectivity index is 1.54. The molecule has 0 saturated carbocycles. The van der Waals surface area contributed by atoms with Gasteiger partial charge in [0.2, 0.25) is 0 Å². The Morgan fingerprint density at radius 1 is 1.24 bits per heavy atom. The Bertz CT molecular complexity index is 871. The molecule has 0 radical (unpaired) electrons. The lowest BCUT2D eigenvalue weighted by molar-refractivity contribution is 0.792. The number of fused-ring (bicyclic) bond motifs is 1. The van der Waals surface area contributed by atoms with E-state index in [-0.39, 0.29) is 0 Å². The van der Waals surface area contributed by atoms with Crippen molar-refractivity contribution in [3.05, 3.63) is 51.1 Å².